The predicted molar refractivity (Wildman–Crippen MR) is 101 cm³/mol. The fraction of sp³-hybridized carbons (Fsp3) is 0.533. The van der Waals surface area contributed by atoms with Crippen LogP contribution in [0.2, 0.25) is 18.8 Å². The highest BCUT2D eigenvalue weighted by Gasteiger charge is 2.55. The van der Waals surface area contributed by atoms with Crippen molar-refractivity contribution in [1.29, 1.82) is 2.67 Å². The van der Waals surface area contributed by atoms with E-state index in [1.165, 1.54) is 23.8 Å². The lowest BCUT2D eigenvalue weighted by Gasteiger charge is -2.31. The van der Waals surface area contributed by atoms with Gasteiger partial charge in [0.05, 0.1) is 12.9 Å². The molecule has 0 amide bonds. The Labute approximate surface area is 160 Å². The van der Waals surface area contributed by atoms with Crippen LogP contribution < -0.4 is 0 Å². The van der Waals surface area contributed by atoms with Crippen molar-refractivity contribution in [2.24, 2.45) is 0 Å². The monoisotopic (exact) mass is 380 g/mol. The molecule has 138 valence electrons. The molecule has 3 heterocycles. The highest BCUT2D eigenvalue weighted by molar-refractivity contribution is 6.33. The van der Waals surface area contributed by atoms with E-state index in [4.69, 9.17) is 28.3 Å². The number of nitrogens with zero attached hydrogens (tertiary/aromatic N) is 4. The number of halogens is 1. The summed E-state index contributed by atoms with van der Waals surface area (Å²) in [5.41, 5.74) is -0.947. The van der Waals surface area contributed by atoms with E-state index < -0.39 is 38.9 Å². The van der Waals surface area contributed by atoms with E-state index in [9.17, 15) is 5.11 Å². The molecule has 8 nitrogen and oxygen atoms in total. The minimum absolute atomic E-state index is 0.00387. The molecule has 1 aliphatic rings. The summed E-state index contributed by atoms with van der Waals surface area (Å²) in [5.74, 6) is 0.440. The summed E-state index contributed by atoms with van der Waals surface area (Å²) in [6.45, 7) is 8.53. The van der Waals surface area contributed by atoms with Crippen LogP contribution in [0, 0.1) is 6.92 Å². The van der Waals surface area contributed by atoms with Gasteiger partial charge in [-0.05, 0) is 6.92 Å². The van der Waals surface area contributed by atoms with E-state index in [0.29, 0.717) is 17.0 Å². The maximum absolute atomic E-state index is 11.4. The molecule has 1 N–H and O–H groups in total. The van der Waals surface area contributed by atoms with Crippen LogP contribution in [0.25, 0.3) is 11.2 Å². The second-order valence-electron chi connectivity index (χ2n) is 5.87. The van der Waals surface area contributed by atoms with Gasteiger partial charge in [0.25, 0.3) is 14.9 Å². The Morgan fingerprint density at radius 2 is 2.31 bits per heavy atom. The number of imidazole rings is 1. The highest BCUT2D eigenvalue weighted by atomic mass is 35.5. The smallest absolute Gasteiger partial charge is 0.272 e. The van der Waals surface area contributed by atoms with E-state index in [1.807, 2.05) is 0 Å². The van der Waals surface area contributed by atoms with Crippen molar-refractivity contribution in [3.05, 3.63) is 30.0 Å². The van der Waals surface area contributed by atoms with Crippen LogP contribution in [-0.4, -0.2) is 66.6 Å². The molecule has 1 aliphatic heterocycles. The van der Waals surface area contributed by atoms with Gasteiger partial charge in [-0.25, -0.2) is 15.0 Å². The second kappa shape index (κ2) is 7.66. The van der Waals surface area contributed by atoms with Crippen LogP contribution in [-0.2, 0) is 14.0 Å². The first-order valence-corrected chi connectivity index (χ1v) is 8.54. The van der Waals surface area contributed by atoms with Crippen molar-refractivity contribution >= 4 is 37.7 Å². The summed E-state index contributed by atoms with van der Waals surface area (Å²) >= 11 is 6.16. The average molecular weight is 380 g/mol. The maximum atomic E-state index is 11.4. The molecule has 1 saturated heterocycles. The first kappa shape index (κ1) is 16.7. The quantitative estimate of drug-likeness (QED) is 0.432. The third kappa shape index (κ3) is 3.16. The van der Waals surface area contributed by atoms with E-state index in [0.717, 1.165) is 0 Å². The van der Waals surface area contributed by atoms with Crippen molar-refractivity contribution in [2.75, 3.05) is 6.61 Å². The lowest BCUT2D eigenvalue weighted by molar-refractivity contribution is -0.0747. The number of aryl methyl sites for hydroxylation is 1. The van der Waals surface area contributed by atoms with Crippen molar-refractivity contribution in [3.8, 4) is 0 Å². The second-order valence-corrected chi connectivity index (χ2v) is 6.22. The fourth-order valence-electron chi connectivity index (χ4n) is 3.11. The van der Waals surface area contributed by atoms with Gasteiger partial charge in [0.2, 0.25) is 0 Å². The van der Waals surface area contributed by atoms with Gasteiger partial charge in [0, 0.05) is 2.67 Å². The first-order chi connectivity index (χ1) is 13.2. The SMILES string of the molecule is [2H]B(C)OC[C@H]1O[C@@H](n2cnc3c(Cl)nc(C)nc32)[C@@](O)(C=C)[C@@H]1OB([2H])C. The molecule has 0 saturated carbocycles. The summed E-state index contributed by atoms with van der Waals surface area (Å²) in [6.07, 6.45) is 0.0674. The lowest BCUT2D eigenvalue weighted by atomic mass is 9.91. The van der Waals surface area contributed by atoms with Crippen molar-refractivity contribution in [1.82, 2.24) is 19.5 Å². The van der Waals surface area contributed by atoms with Crippen molar-refractivity contribution < 1.29 is 19.2 Å². The van der Waals surface area contributed by atoms with Crippen LogP contribution in [0.1, 0.15) is 12.1 Å². The number of hydrogen-bond donors (Lipinski definition) is 1. The number of rotatable bonds is 7. The summed E-state index contributed by atoms with van der Waals surface area (Å²) in [5, 5.41) is 11.6. The minimum atomic E-state index is -1.70. The zero-order valence-corrected chi connectivity index (χ0v) is 15.6. The highest BCUT2D eigenvalue weighted by Crippen LogP contribution is 2.42. The van der Waals surface area contributed by atoms with Gasteiger partial charge in [-0.3, -0.25) is 4.57 Å². The van der Waals surface area contributed by atoms with Crippen LogP contribution in [0.4, 0.5) is 0 Å². The van der Waals surface area contributed by atoms with Gasteiger partial charge in [-0.1, -0.05) is 37.9 Å². The van der Waals surface area contributed by atoms with Gasteiger partial charge in [0.15, 0.2) is 22.6 Å². The molecule has 11 heteroatoms. The van der Waals surface area contributed by atoms with Crippen LogP contribution in [0.3, 0.4) is 0 Å². The standard InChI is InChI=1S/C15H21B2ClN4O4/c1-5-15(23)11(26-17-4)9(6-24-16-3)25-14(15)22-7-19-10-12(18)20-8(2)21-13(10)22/h5,7,9,11,14,16-17,23H,1,6H2,2-4H3/t9-,11-,14-,15-/m1/s1/i16D,17D. The Balaban J connectivity index is 2.05. The van der Waals surface area contributed by atoms with Gasteiger partial charge in [-0.2, -0.15) is 0 Å². The number of ether oxygens (including phenoxy) is 1. The Morgan fingerprint density at radius 3 is 2.96 bits per heavy atom. The Morgan fingerprint density at radius 1 is 1.54 bits per heavy atom. The molecular formula is C15H21B2ClN4O4. The van der Waals surface area contributed by atoms with E-state index in [1.54, 1.807) is 13.7 Å². The van der Waals surface area contributed by atoms with Gasteiger partial charge < -0.3 is 19.2 Å². The van der Waals surface area contributed by atoms with E-state index in [2.05, 4.69) is 21.5 Å². The average Bonchev–Trinajstić information content (AvgIpc) is 3.13. The predicted octanol–water partition coefficient (Wildman–Crippen LogP) is 0.804. The normalized spacial score (nSPS) is 29.5. The summed E-state index contributed by atoms with van der Waals surface area (Å²) in [4.78, 5) is 12.7. The topological polar surface area (TPSA) is 91.5 Å². The summed E-state index contributed by atoms with van der Waals surface area (Å²) < 4.78 is 33.9. The molecule has 0 spiro atoms. The third-order valence-corrected chi connectivity index (χ3v) is 4.54. The molecule has 3 rings (SSSR count). The minimum Gasteiger partial charge on any atom is -0.437 e. The lowest BCUT2D eigenvalue weighted by Crippen LogP contribution is -2.47. The number of fused-ring (bicyclic) bond motifs is 1. The molecule has 2 aromatic heterocycles. The van der Waals surface area contributed by atoms with Gasteiger partial charge in [-0.15, -0.1) is 0 Å². The largest absolute Gasteiger partial charge is 0.437 e. The molecule has 1 fully saturated rings. The molecule has 0 aromatic carbocycles. The molecule has 26 heavy (non-hydrogen) atoms. The fourth-order valence-corrected chi connectivity index (χ4v) is 3.36. The molecular weight excluding hydrogens is 357 g/mol. The Hall–Kier alpha value is -1.45. The zero-order chi connectivity index (χ0) is 20.6. The molecule has 4 atom stereocenters. The molecule has 2 aromatic rings. The third-order valence-electron chi connectivity index (χ3n) is 4.27. The van der Waals surface area contributed by atoms with Gasteiger partial charge in [0.1, 0.15) is 23.5 Å². The molecule has 0 unspecified atom stereocenters. The van der Waals surface area contributed by atoms with Crippen LogP contribution >= 0.6 is 11.6 Å². The Kier molecular flexibility index (Phi) is 4.92. The summed E-state index contributed by atoms with van der Waals surface area (Å²) in [6, 6.07) is 0. The van der Waals surface area contributed by atoms with Crippen molar-refractivity contribution in [2.45, 2.75) is 44.6 Å². The van der Waals surface area contributed by atoms with Crippen LogP contribution in [0.15, 0.2) is 19.0 Å². The molecule has 0 aliphatic carbocycles. The van der Waals surface area contributed by atoms with Gasteiger partial charge >= 0.3 is 0 Å². The van der Waals surface area contributed by atoms with Crippen LogP contribution in [0.5, 0.6) is 0 Å². The summed E-state index contributed by atoms with van der Waals surface area (Å²) in [7, 11) is -1.70. The first-order valence-electron chi connectivity index (χ1n) is 9.32. The number of aliphatic hydroxyl groups is 1. The van der Waals surface area contributed by atoms with E-state index >= 15 is 0 Å². The molecule has 0 radical (unpaired) electrons. The number of aromatic nitrogens is 4. The Bertz CT molecular complexity index is 874. The zero-order valence-electron chi connectivity index (χ0n) is 16.8. The number of hydrogen-bond acceptors (Lipinski definition) is 7. The van der Waals surface area contributed by atoms with Crippen molar-refractivity contribution in [3.63, 3.8) is 0 Å². The van der Waals surface area contributed by atoms with E-state index in [-0.39, 0.29) is 11.8 Å². The molecule has 0 bridgehead atoms. The maximum Gasteiger partial charge on any atom is 0.272 e.